The summed E-state index contributed by atoms with van der Waals surface area (Å²) in [6.45, 7) is 0.829. The van der Waals surface area contributed by atoms with Crippen LogP contribution in [0.15, 0.2) is 0 Å². The number of fused-ring (bicyclic) bond motifs is 2. The molecule has 1 amide bonds. The maximum absolute atomic E-state index is 10.7. The maximum atomic E-state index is 10.7. The molecule has 0 aromatic heterocycles. The van der Waals surface area contributed by atoms with Crippen LogP contribution in [0.1, 0.15) is 6.42 Å². The Labute approximate surface area is 47.4 Å². The van der Waals surface area contributed by atoms with Crippen molar-refractivity contribution in [2.24, 2.45) is 0 Å². The first kappa shape index (κ1) is 4.32. The van der Waals surface area contributed by atoms with Crippen LogP contribution in [0.5, 0.6) is 0 Å². The summed E-state index contributed by atoms with van der Waals surface area (Å²) in [5.74, 6) is 0.174. The molecule has 3 heteroatoms. The van der Waals surface area contributed by atoms with Crippen LogP contribution in [0.4, 0.5) is 0 Å². The molecule has 44 valence electrons. The second-order valence-electron chi connectivity index (χ2n) is 2.40. The molecular weight excluding hydrogens is 104 g/mol. The van der Waals surface area contributed by atoms with Crippen molar-refractivity contribution in [1.82, 2.24) is 10.6 Å². The number of hydrogen-bond acceptors (Lipinski definition) is 2. The fourth-order valence-electron chi connectivity index (χ4n) is 1.22. The van der Waals surface area contributed by atoms with Crippen molar-refractivity contribution in [3.63, 3.8) is 0 Å². The van der Waals surface area contributed by atoms with Gasteiger partial charge in [0.1, 0.15) is 0 Å². The van der Waals surface area contributed by atoms with E-state index in [0.717, 1.165) is 13.0 Å². The quantitative estimate of drug-likeness (QED) is 0.415. The number of carbonyl (C=O) groups excluding carboxylic acids is 1. The highest BCUT2D eigenvalue weighted by Gasteiger charge is 2.37. The van der Waals surface area contributed by atoms with Crippen LogP contribution >= 0.6 is 0 Å². The Morgan fingerprint density at radius 2 is 2.38 bits per heavy atom. The summed E-state index contributed by atoms with van der Waals surface area (Å²) < 4.78 is 0. The molecule has 2 atom stereocenters. The Bertz CT molecular complexity index is 126. The Morgan fingerprint density at radius 3 is 2.62 bits per heavy atom. The van der Waals surface area contributed by atoms with Gasteiger partial charge in [0.05, 0.1) is 6.04 Å². The van der Waals surface area contributed by atoms with Crippen LogP contribution < -0.4 is 10.6 Å². The molecule has 2 N–H and O–H groups in total. The first-order valence-electron chi connectivity index (χ1n) is 2.90. The maximum Gasteiger partial charge on any atom is 0.237 e. The lowest BCUT2D eigenvalue weighted by Gasteiger charge is -2.41. The lowest BCUT2D eigenvalue weighted by Crippen LogP contribution is -2.68. The van der Waals surface area contributed by atoms with E-state index in [4.69, 9.17) is 0 Å². The first-order chi connectivity index (χ1) is 3.86. The summed E-state index contributed by atoms with van der Waals surface area (Å²) in [7, 11) is 0. The highest BCUT2D eigenvalue weighted by molar-refractivity contribution is 5.84. The molecule has 3 saturated heterocycles. The first-order valence-corrected chi connectivity index (χ1v) is 2.90. The minimum atomic E-state index is 0.147. The monoisotopic (exact) mass is 112 g/mol. The molecule has 0 aromatic carbocycles. The molecule has 0 spiro atoms. The molecule has 8 heavy (non-hydrogen) atoms. The van der Waals surface area contributed by atoms with Crippen LogP contribution in [0.3, 0.4) is 0 Å². The summed E-state index contributed by atoms with van der Waals surface area (Å²) in [6, 6.07) is 0.728. The third kappa shape index (κ3) is 0.395. The molecule has 3 aliphatic heterocycles. The minimum Gasteiger partial charge on any atom is -0.353 e. The molecular formula is C5H8N2O. The van der Waals surface area contributed by atoms with Crippen molar-refractivity contribution in [3.05, 3.63) is 0 Å². The van der Waals surface area contributed by atoms with E-state index < -0.39 is 0 Å². The van der Waals surface area contributed by atoms with Gasteiger partial charge in [-0.05, 0) is 6.42 Å². The van der Waals surface area contributed by atoms with Crippen molar-refractivity contribution in [2.75, 3.05) is 6.54 Å². The fourth-order valence-corrected chi connectivity index (χ4v) is 1.22. The van der Waals surface area contributed by atoms with E-state index in [0.29, 0.717) is 6.04 Å². The molecule has 0 aromatic rings. The van der Waals surface area contributed by atoms with Crippen LogP contribution in [0.25, 0.3) is 0 Å². The molecule has 3 rings (SSSR count). The largest absolute Gasteiger partial charge is 0.353 e. The Balaban J connectivity index is 2.10. The predicted molar refractivity (Wildman–Crippen MR) is 28.3 cm³/mol. The average Bonchev–Trinajstić information content (AvgIpc) is 1.62. The van der Waals surface area contributed by atoms with Gasteiger partial charge in [0.15, 0.2) is 0 Å². The molecule has 3 fully saturated rings. The van der Waals surface area contributed by atoms with E-state index in [1.54, 1.807) is 0 Å². The van der Waals surface area contributed by atoms with E-state index in [1.807, 2.05) is 0 Å². The number of carbonyl (C=O) groups is 1. The average molecular weight is 112 g/mol. The third-order valence-corrected chi connectivity index (χ3v) is 1.80. The lowest BCUT2D eigenvalue weighted by atomic mass is 9.92. The predicted octanol–water partition coefficient (Wildman–Crippen LogP) is -1.15. The van der Waals surface area contributed by atoms with Crippen molar-refractivity contribution in [3.8, 4) is 0 Å². The van der Waals surface area contributed by atoms with Gasteiger partial charge in [-0.1, -0.05) is 0 Å². The highest BCUT2D eigenvalue weighted by Crippen LogP contribution is 2.14. The molecule has 2 unspecified atom stereocenters. The number of rotatable bonds is 0. The SMILES string of the molecule is O=C1NCC2CC1N2. The molecule has 3 nitrogen and oxygen atoms in total. The summed E-state index contributed by atoms with van der Waals surface area (Å²) in [5.41, 5.74) is 0. The molecule has 3 heterocycles. The van der Waals surface area contributed by atoms with E-state index in [1.165, 1.54) is 0 Å². The topological polar surface area (TPSA) is 41.1 Å². The van der Waals surface area contributed by atoms with Gasteiger partial charge >= 0.3 is 0 Å². The zero-order valence-electron chi connectivity index (χ0n) is 4.48. The van der Waals surface area contributed by atoms with Crippen molar-refractivity contribution in [2.45, 2.75) is 18.5 Å². The van der Waals surface area contributed by atoms with Gasteiger partial charge in [-0.15, -0.1) is 0 Å². The zero-order valence-corrected chi connectivity index (χ0v) is 4.48. The van der Waals surface area contributed by atoms with Gasteiger partial charge in [-0.25, -0.2) is 0 Å². The zero-order chi connectivity index (χ0) is 5.56. The van der Waals surface area contributed by atoms with E-state index in [-0.39, 0.29) is 11.9 Å². The summed E-state index contributed by atoms with van der Waals surface area (Å²) in [6.07, 6.45) is 1.05. The number of amides is 1. The minimum absolute atomic E-state index is 0.147. The van der Waals surface area contributed by atoms with Crippen LogP contribution in [0.2, 0.25) is 0 Å². The van der Waals surface area contributed by atoms with Crippen molar-refractivity contribution < 1.29 is 4.79 Å². The van der Waals surface area contributed by atoms with Gasteiger partial charge in [0.25, 0.3) is 0 Å². The molecule has 3 aliphatic rings. The second-order valence-corrected chi connectivity index (χ2v) is 2.40. The molecule has 0 aliphatic carbocycles. The number of nitrogens with one attached hydrogen (secondary N) is 2. The summed E-state index contributed by atoms with van der Waals surface area (Å²) >= 11 is 0. The van der Waals surface area contributed by atoms with Crippen LogP contribution in [-0.2, 0) is 4.79 Å². The van der Waals surface area contributed by atoms with Crippen molar-refractivity contribution in [1.29, 1.82) is 0 Å². The molecule has 0 saturated carbocycles. The fraction of sp³-hybridized carbons (Fsp3) is 0.800. The Morgan fingerprint density at radius 1 is 1.62 bits per heavy atom. The van der Waals surface area contributed by atoms with Gasteiger partial charge in [-0.3, -0.25) is 4.79 Å². The summed E-state index contributed by atoms with van der Waals surface area (Å²) in [5, 5.41) is 5.90. The van der Waals surface area contributed by atoms with Gasteiger partial charge in [0, 0.05) is 12.6 Å². The second kappa shape index (κ2) is 1.23. The highest BCUT2D eigenvalue weighted by atomic mass is 16.2. The van der Waals surface area contributed by atoms with E-state index >= 15 is 0 Å². The Hall–Kier alpha value is -0.570. The van der Waals surface area contributed by atoms with Crippen LogP contribution in [-0.4, -0.2) is 24.5 Å². The van der Waals surface area contributed by atoms with Gasteiger partial charge in [-0.2, -0.15) is 0 Å². The lowest BCUT2D eigenvalue weighted by molar-refractivity contribution is -0.129. The smallest absolute Gasteiger partial charge is 0.237 e. The van der Waals surface area contributed by atoms with E-state index in [2.05, 4.69) is 10.6 Å². The number of piperidine rings is 1. The molecule has 2 bridgehead atoms. The van der Waals surface area contributed by atoms with Gasteiger partial charge in [0.2, 0.25) is 5.91 Å². The van der Waals surface area contributed by atoms with E-state index in [9.17, 15) is 4.79 Å². The van der Waals surface area contributed by atoms with Crippen molar-refractivity contribution >= 4 is 5.91 Å². The normalized spacial score (nSPS) is 42.8. The number of piperazine rings is 1. The third-order valence-electron chi connectivity index (χ3n) is 1.80. The number of hydrogen-bond donors (Lipinski definition) is 2. The van der Waals surface area contributed by atoms with Crippen LogP contribution in [0, 0.1) is 0 Å². The van der Waals surface area contributed by atoms with Gasteiger partial charge < -0.3 is 10.6 Å². The summed E-state index contributed by atoms with van der Waals surface area (Å²) in [4.78, 5) is 10.7. The standard InChI is InChI=1S/C5H8N2O/c8-5-4-1-3(7-4)2-6-5/h3-4,7H,1-2H2,(H,6,8). The Kier molecular flexibility index (Phi) is 0.663. The molecule has 0 radical (unpaired) electrons.